The van der Waals surface area contributed by atoms with Gasteiger partial charge in [0.1, 0.15) is 0 Å². The fourth-order valence-corrected chi connectivity index (χ4v) is 3.93. The quantitative estimate of drug-likeness (QED) is 0.865. The zero-order valence-electron chi connectivity index (χ0n) is 11.5. The second kappa shape index (κ2) is 4.62. The second-order valence-electron chi connectivity index (χ2n) is 6.15. The van der Waals surface area contributed by atoms with Crippen molar-refractivity contribution in [2.24, 2.45) is 17.8 Å². The molecule has 0 aliphatic heterocycles. The van der Waals surface area contributed by atoms with Gasteiger partial charge in [-0.1, -0.05) is 49.2 Å². The van der Waals surface area contributed by atoms with Crippen molar-refractivity contribution >= 4 is 22.4 Å². The van der Waals surface area contributed by atoms with Crippen LogP contribution in [0.1, 0.15) is 25.7 Å². The van der Waals surface area contributed by atoms with Crippen LogP contribution in [0.25, 0.3) is 10.8 Å². The zero-order chi connectivity index (χ0) is 13.5. The number of hydrogen-bond acceptors (Lipinski definition) is 1. The minimum absolute atomic E-state index is 0.234. The van der Waals surface area contributed by atoms with E-state index in [0.717, 1.165) is 11.1 Å². The largest absolute Gasteiger partial charge is 0.325 e. The molecule has 0 unspecified atom stereocenters. The molecule has 1 amide bonds. The van der Waals surface area contributed by atoms with E-state index >= 15 is 0 Å². The summed E-state index contributed by atoms with van der Waals surface area (Å²) in [5, 5.41) is 5.47. The first kappa shape index (κ1) is 12.0. The van der Waals surface area contributed by atoms with Crippen LogP contribution in [0, 0.1) is 17.8 Å². The van der Waals surface area contributed by atoms with Crippen molar-refractivity contribution in [3.63, 3.8) is 0 Å². The maximum Gasteiger partial charge on any atom is 0.228 e. The van der Waals surface area contributed by atoms with Crippen molar-refractivity contribution < 1.29 is 4.79 Å². The Morgan fingerprint density at radius 2 is 1.65 bits per heavy atom. The maximum absolute atomic E-state index is 12.5. The summed E-state index contributed by atoms with van der Waals surface area (Å²) in [5.74, 6) is 1.84. The summed E-state index contributed by atoms with van der Waals surface area (Å²) >= 11 is 0. The molecule has 102 valence electrons. The Bertz CT molecular complexity index is 646. The molecule has 1 N–H and O–H groups in total. The molecular formula is C18H19NO. The molecule has 0 bridgehead atoms. The van der Waals surface area contributed by atoms with Gasteiger partial charge in [-0.25, -0.2) is 0 Å². The molecule has 0 saturated heterocycles. The van der Waals surface area contributed by atoms with E-state index in [1.807, 2.05) is 24.3 Å². The van der Waals surface area contributed by atoms with E-state index < -0.39 is 0 Å². The Balaban J connectivity index is 1.57. The lowest BCUT2D eigenvalue weighted by molar-refractivity contribution is -0.117. The van der Waals surface area contributed by atoms with E-state index in [2.05, 4.69) is 23.5 Å². The van der Waals surface area contributed by atoms with Crippen molar-refractivity contribution in [2.45, 2.75) is 25.7 Å². The minimum Gasteiger partial charge on any atom is -0.325 e. The van der Waals surface area contributed by atoms with Gasteiger partial charge in [0.25, 0.3) is 0 Å². The normalized spacial score (nSPS) is 27.9. The fraction of sp³-hybridized carbons (Fsp3) is 0.389. The van der Waals surface area contributed by atoms with Gasteiger partial charge in [0.05, 0.1) is 0 Å². The molecule has 2 saturated carbocycles. The smallest absolute Gasteiger partial charge is 0.228 e. The van der Waals surface area contributed by atoms with Crippen LogP contribution in [0.3, 0.4) is 0 Å². The monoisotopic (exact) mass is 265 g/mol. The number of carbonyl (C=O) groups is 1. The van der Waals surface area contributed by atoms with Gasteiger partial charge >= 0.3 is 0 Å². The third kappa shape index (κ3) is 1.91. The van der Waals surface area contributed by atoms with Gasteiger partial charge in [-0.3, -0.25) is 4.79 Å². The third-order valence-electron chi connectivity index (χ3n) is 5.01. The summed E-state index contributed by atoms with van der Waals surface area (Å²) in [6, 6.07) is 14.3. The van der Waals surface area contributed by atoms with Gasteiger partial charge < -0.3 is 5.32 Å². The van der Waals surface area contributed by atoms with Crippen LogP contribution in [0.2, 0.25) is 0 Å². The molecule has 20 heavy (non-hydrogen) atoms. The van der Waals surface area contributed by atoms with Crippen LogP contribution in [0.15, 0.2) is 42.5 Å². The first-order valence-corrected chi connectivity index (χ1v) is 7.63. The van der Waals surface area contributed by atoms with E-state index in [0.29, 0.717) is 11.8 Å². The summed E-state index contributed by atoms with van der Waals surface area (Å²) < 4.78 is 0. The molecule has 0 spiro atoms. The van der Waals surface area contributed by atoms with E-state index in [4.69, 9.17) is 0 Å². The molecule has 2 aliphatic carbocycles. The predicted octanol–water partition coefficient (Wildman–Crippen LogP) is 4.21. The van der Waals surface area contributed by atoms with Gasteiger partial charge in [-0.2, -0.15) is 0 Å². The average molecular weight is 265 g/mol. The van der Waals surface area contributed by atoms with Crippen LogP contribution >= 0.6 is 0 Å². The number of fused-ring (bicyclic) bond motifs is 2. The molecule has 0 heterocycles. The first-order chi connectivity index (χ1) is 9.84. The van der Waals surface area contributed by atoms with Crippen molar-refractivity contribution in [1.82, 2.24) is 0 Å². The lowest BCUT2D eigenvalue weighted by Gasteiger charge is -2.08. The van der Waals surface area contributed by atoms with Gasteiger partial charge in [0.2, 0.25) is 5.91 Å². The topological polar surface area (TPSA) is 29.1 Å². The van der Waals surface area contributed by atoms with Crippen LogP contribution in [0.5, 0.6) is 0 Å². The number of hydrogen-bond donors (Lipinski definition) is 1. The molecule has 2 nitrogen and oxygen atoms in total. The van der Waals surface area contributed by atoms with Crippen molar-refractivity contribution in [1.29, 1.82) is 0 Å². The first-order valence-electron chi connectivity index (χ1n) is 7.63. The van der Waals surface area contributed by atoms with Gasteiger partial charge in [-0.15, -0.1) is 0 Å². The van der Waals surface area contributed by atoms with E-state index in [9.17, 15) is 4.79 Å². The fourth-order valence-electron chi connectivity index (χ4n) is 3.93. The van der Waals surface area contributed by atoms with E-state index in [1.54, 1.807) is 0 Å². The summed E-state index contributed by atoms with van der Waals surface area (Å²) in [6.07, 6.45) is 5.11. The van der Waals surface area contributed by atoms with Gasteiger partial charge in [0.15, 0.2) is 0 Å². The Labute approximate surface area is 119 Å². The number of carbonyl (C=O) groups excluding carboxylic acids is 1. The average Bonchev–Trinajstić information content (AvgIpc) is 3.22. The Morgan fingerprint density at radius 3 is 2.45 bits per heavy atom. The minimum atomic E-state index is 0.234. The molecule has 2 aliphatic rings. The highest BCUT2D eigenvalue weighted by Crippen LogP contribution is 2.55. The third-order valence-corrected chi connectivity index (χ3v) is 5.01. The van der Waals surface area contributed by atoms with E-state index in [-0.39, 0.29) is 11.8 Å². The molecule has 2 atom stereocenters. The van der Waals surface area contributed by atoms with Gasteiger partial charge in [-0.05, 0) is 36.1 Å². The summed E-state index contributed by atoms with van der Waals surface area (Å²) in [6.45, 7) is 0. The number of nitrogens with one attached hydrogen (secondary N) is 1. The summed E-state index contributed by atoms with van der Waals surface area (Å²) in [7, 11) is 0. The highest BCUT2D eigenvalue weighted by atomic mass is 16.2. The SMILES string of the molecule is O=C(Nc1cccc2ccccc12)C1[C@@H]2CCCC[C@@H]12. The summed E-state index contributed by atoms with van der Waals surface area (Å²) in [5.41, 5.74) is 0.955. The Hall–Kier alpha value is -1.83. The standard InChI is InChI=1S/C18H19NO/c20-18(17-14-9-3-4-10-15(14)17)19-16-11-5-7-12-6-1-2-8-13(12)16/h1-2,5-8,11,14-15,17H,3-4,9-10H2,(H,19,20)/t14-,15-/m1/s1. The lowest BCUT2D eigenvalue weighted by Crippen LogP contribution is -2.15. The maximum atomic E-state index is 12.5. The van der Waals surface area contributed by atoms with Crippen molar-refractivity contribution in [3.8, 4) is 0 Å². The van der Waals surface area contributed by atoms with Crippen LogP contribution in [0.4, 0.5) is 5.69 Å². The zero-order valence-corrected chi connectivity index (χ0v) is 11.5. The molecule has 0 aromatic heterocycles. The second-order valence-corrected chi connectivity index (χ2v) is 6.15. The summed E-state index contributed by atoms with van der Waals surface area (Å²) in [4.78, 5) is 12.5. The molecule has 2 aromatic rings. The molecule has 2 fully saturated rings. The Morgan fingerprint density at radius 1 is 0.950 bits per heavy atom. The molecular weight excluding hydrogens is 246 g/mol. The Kier molecular flexibility index (Phi) is 2.76. The van der Waals surface area contributed by atoms with Crippen LogP contribution in [-0.2, 0) is 4.79 Å². The number of benzene rings is 2. The predicted molar refractivity (Wildman–Crippen MR) is 81.5 cm³/mol. The lowest BCUT2D eigenvalue weighted by atomic mass is 10.0. The highest BCUT2D eigenvalue weighted by molar-refractivity contribution is 6.03. The highest BCUT2D eigenvalue weighted by Gasteiger charge is 2.54. The van der Waals surface area contributed by atoms with Crippen molar-refractivity contribution in [3.05, 3.63) is 42.5 Å². The number of amides is 1. The molecule has 0 radical (unpaired) electrons. The number of anilines is 1. The van der Waals surface area contributed by atoms with Crippen LogP contribution in [-0.4, -0.2) is 5.91 Å². The molecule has 4 rings (SSSR count). The van der Waals surface area contributed by atoms with Crippen LogP contribution < -0.4 is 5.32 Å². The van der Waals surface area contributed by atoms with Crippen molar-refractivity contribution in [2.75, 3.05) is 5.32 Å². The molecule has 2 aromatic carbocycles. The van der Waals surface area contributed by atoms with E-state index in [1.165, 1.54) is 31.1 Å². The molecule has 2 heteroatoms. The number of rotatable bonds is 2. The van der Waals surface area contributed by atoms with Gasteiger partial charge in [0, 0.05) is 17.0 Å².